The molecule has 0 atom stereocenters. The Morgan fingerprint density at radius 3 is 2.83 bits per heavy atom. The molecule has 4 rings (SSSR count). The van der Waals surface area contributed by atoms with Gasteiger partial charge >= 0.3 is 0 Å². The van der Waals surface area contributed by atoms with Gasteiger partial charge in [0.25, 0.3) is 0 Å². The maximum absolute atomic E-state index is 14.1. The molecule has 0 aliphatic carbocycles. The van der Waals surface area contributed by atoms with Crippen molar-refractivity contribution in [3.05, 3.63) is 77.4 Å². The minimum atomic E-state index is -0.376. The van der Waals surface area contributed by atoms with E-state index < -0.39 is 0 Å². The van der Waals surface area contributed by atoms with E-state index in [0.29, 0.717) is 23.7 Å². The van der Waals surface area contributed by atoms with E-state index >= 15 is 0 Å². The standard InChI is InChI=1S/C22H21FN4OS/c1-15-7-8-16(2)17(13-15)14-20(28)27(12-11-26-10-4-9-24-26)22-25-21-18(23)5-3-6-19(21)29-22/h3-10,13H,11-12,14H2,1-2H3. The molecule has 29 heavy (non-hydrogen) atoms. The minimum Gasteiger partial charge on any atom is -0.286 e. The average molecular weight is 409 g/mol. The number of fused-ring (bicyclic) bond motifs is 1. The number of carbonyl (C=O) groups excluding carboxylic acids is 1. The zero-order chi connectivity index (χ0) is 20.4. The van der Waals surface area contributed by atoms with Crippen LogP contribution in [0.1, 0.15) is 16.7 Å². The van der Waals surface area contributed by atoms with Crippen molar-refractivity contribution in [1.29, 1.82) is 0 Å². The molecule has 2 aromatic carbocycles. The molecule has 4 aromatic rings. The number of amides is 1. The van der Waals surface area contributed by atoms with E-state index in [1.54, 1.807) is 21.8 Å². The highest BCUT2D eigenvalue weighted by Gasteiger charge is 2.21. The van der Waals surface area contributed by atoms with Crippen molar-refractivity contribution in [2.45, 2.75) is 26.8 Å². The first-order valence-electron chi connectivity index (χ1n) is 9.40. The number of carbonyl (C=O) groups is 1. The Hall–Kier alpha value is -3.06. The zero-order valence-electron chi connectivity index (χ0n) is 16.3. The number of hydrogen-bond donors (Lipinski definition) is 0. The van der Waals surface area contributed by atoms with Gasteiger partial charge in [0, 0.05) is 18.9 Å². The van der Waals surface area contributed by atoms with Crippen LogP contribution in [0.5, 0.6) is 0 Å². The SMILES string of the molecule is Cc1ccc(C)c(CC(=O)N(CCn2cccn2)c2nc3c(F)cccc3s2)c1. The Bertz CT molecular complexity index is 1150. The molecular weight excluding hydrogens is 387 g/mol. The van der Waals surface area contributed by atoms with Crippen molar-refractivity contribution >= 4 is 32.6 Å². The fraction of sp³-hybridized carbons (Fsp3) is 0.227. The van der Waals surface area contributed by atoms with Crippen molar-refractivity contribution < 1.29 is 9.18 Å². The molecule has 2 heterocycles. The highest BCUT2D eigenvalue weighted by Crippen LogP contribution is 2.30. The molecule has 0 N–H and O–H groups in total. The predicted molar refractivity (Wildman–Crippen MR) is 114 cm³/mol. The molecule has 0 aliphatic rings. The summed E-state index contributed by atoms with van der Waals surface area (Å²) >= 11 is 1.33. The second-order valence-corrected chi connectivity index (χ2v) is 8.01. The molecule has 1 amide bonds. The average Bonchev–Trinajstić information content (AvgIpc) is 3.35. The van der Waals surface area contributed by atoms with Gasteiger partial charge in [-0.05, 0) is 43.2 Å². The largest absolute Gasteiger partial charge is 0.286 e. The number of hydrogen-bond acceptors (Lipinski definition) is 4. The summed E-state index contributed by atoms with van der Waals surface area (Å²) in [6.45, 7) is 4.96. The quantitative estimate of drug-likeness (QED) is 0.471. The van der Waals surface area contributed by atoms with Gasteiger partial charge in [0.1, 0.15) is 11.3 Å². The van der Waals surface area contributed by atoms with Crippen LogP contribution in [0.3, 0.4) is 0 Å². The maximum atomic E-state index is 14.1. The van der Waals surface area contributed by atoms with Gasteiger partial charge < -0.3 is 0 Å². The summed E-state index contributed by atoms with van der Waals surface area (Å²) in [7, 11) is 0. The summed E-state index contributed by atoms with van der Waals surface area (Å²) in [4.78, 5) is 19.3. The highest BCUT2D eigenvalue weighted by atomic mass is 32.1. The van der Waals surface area contributed by atoms with Gasteiger partial charge in [0.2, 0.25) is 5.91 Å². The van der Waals surface area contributed by atoms with E-state index in [1.165, 1.54) is 17.4 Å². The third-order valence-corrected chi connectivity index (χ3v) is 5.89. The third-order valence-electron chi connectivity index (χ3n) is 4.85. The number of aromatic nitrogens is 3. The lowest BCUT2D eigenvalue weighted by atomic mass is 10.0. The molecule has 0 aliphatic heterocycles. The van der Waals surface area contributed by atoms with Crippen molar-refractivity contribution in [3.8, 4) is 0 Å². The van der Waals surface area contributed by atoms with Crippen LogP contribution >= 0.6 is 11.3 Å². The normalized spacial score (nSPS) is 11.1. The van der Waals surface area contributed by atoms with Crippen molar-refractivity contribution in [2.75, 3.05) is 11.4 Å². The van der Waals surface area contributed by atoms with E-state index in [9.17, 15) is 9.18 Å². The van der Waals surface area contributed by atoms with E-state index in [-0.39, 0.29) is 18.1 Å². The Kier molecular flexibility index (Phi) is 5.40. The first-order valence-corrected chi connectivity index (χ1v) is 10.2. The van der Waals surface area contributed by atoms with Crippen molar-refractivity contribution in [1.82, 2.24) is 14.8 Å². The number of anilines is 1. The summed E-state index contributed by atoms with van der Waals surface area (Å²) in [5, 5.41) is 4.72. The molecule has 2 aromatic heterocycles. The third kappa shape index (κ3) is 4.19. The molecule has 0 saturated heterocycles. The molecule has 0 bridgehead atoms. The lowest BCUT2D eigenvalue weighted by Crippen LogP contribution is -2.35. The van der Waals surface area contributed by atoms with Crippen LogP contribution in [0.25, 0.3) is 10.2 Å². The molecule has 0 spiro atoms. The van der Waals surface area contributed by atoms with Crippen LogP contribution in [0.15, 0.2) is 54.9 Å². The smallest absolute Gasteiger partial charge is 0.233 e. The minimum absolute atomic E-state index is 0.0645. The summed E-state index contributed by atoms with van der Waals surface area (Å²) in [5.41, 5.74) is 3.48. The van der Waals surface area contributed by atoms with Gasteiger partial charge in [-0.2, -0.15) is 5.10 Å². The van der Waals surface area contributed by atoms with E-state index in [1.807, 2.05) is 50.4 Å². The van der Waals surface area contributed by atoms with E-state index in [0.717, 1.165) is 21.4 Å². The molecule has 0 radical (unpaired) electrons. The van der Waals surface area contributed by atoms with Gasteiger partial charge in [0.15, 0.2) is 5.13 Å². The monoisotopic (exact) mass is 408 g/mol. The highest BCUT2D eigenvalue weighted by molar-refractivity contribution is 7.22. The van der Waals surface area contributed by atoms with E-state index in [4.69, 9.17) is 0 Å². The van der Waals surface area contributed by atoms with Gasteiger partial charge in [-0.15, -0.1) is 0 Å². The van der Waals surface area contributed by atoms with Gasteiger partial charge in [-0.3, -0.25) is 14.4 Å². The van der Waals surface area contributed by atoms with Crippen LogP contribution in [0.2, 0.25) is 0 Å². The van der Waals surface area contributed by atoms with Crippen LogP contribution in [-0.4, -0.2) is 27.2 Å². The van der Waals surface area contributed by atoms with Crippen LogP contribution in [0, 0.1) is 19.7 Å². The molecule has 5 nitrogen and oxygen atoms in total. The van der Waals surface area contributed by atoms with Crippen LogP contribution < -0.4 is 4.90 Å². The van der Waals surface area contributed by atoms with Crippen LogP contribution in [-0.2, 0) is 17.8 Å². The summed E-state index contributed by atoms with van der Waals surface area (Å²) in [6, 6.07) is 12.8. The lowest BCUT2D eigenvalue weighted by Gasteiger charge is -2.20. The molecule has 0 fully saturated rings. The van der Waals surface area contributed by atoms with Crippen molar-refractivity contribution in [3.63, 3.8) is 0 Å². The Balaban J connectivity index is 1.65. The second-order valence-electron chi connectivity index (χ2n) is 7.00. The van der Waals surface area contributed by atoms with E-state index in [2.05, 4.69) is 10.1 Å². The zero-order valence-corrected chi connectivity index (χ0v) is 17.1. The Morgan fingerprint density at radius 2 is 2.07 bits per heavy atom. The summed E-state index contributed by atoms with van der Waals surface area (Å²) < 4.78 is 16.6. The fourth-order valence-electron chi connectivity index (χ4n) is 3.23. The predicted octanol–water partition coefficient (Wildman–Crippen LogP) is 4.52. The number of rotatable bonds is 6. The maximum Gasteiger partial charge on any atom is 0.233 e. The Morgan fingerprint density at radius 1 is 1.21 bits per heavy atom. The van der Waals surface area contributed by atoms with Gasteiger partial charge in [-0.25, -0.2) is 9.37 Å². The molecular formula is C22H21FN4OS. The topological polar surface area (TPSA) is 51.0 Å². The number of halogens is 1. The summed E-state index contributed by atoms with van der Waals surface area (Å²) in [6.07, 6.45) is 3.83. The number of thiazole rings is 1. The molecule has 0 unspecified atom stereocenters. The molecule has 7 heteroatoms. The lowest BCUT2D eigenvalue weighted by molar-refractivity contribution is -0.118. The molecule has 148 valence electrons. The second kappa shape index (κ2) is 8.13. The Labute approximate surface area is 172 Å². The first-order chi connectivity index (χ1) is 14.0. The number of aryl methyl sites for hydroxylation is 2. The van der Waals surface area contributed by atoms with Gasteiger partial charge in [-0.1, -0.05) is 41.2 Å². The number of benzene rings is 2. The fourth-order valence-corrected chi connectivity index (χ4v) is 4.25. The van der Waals surface area contributed by atoms with Crippen molar-refractivity contribution in [2.24, 2.45) is 0 Å². The number of nitrogens with zero attached hydrogens (tertiary/aromatic N) is 4. The van der Waals surface area contributed by atoms with Gasteiger partial charge in [0.05, 0.1) is 17.7 Å². The molecule has 0 saturated carbocycles. The summed E-state index contributed by atoms with van der Waals surface area (Å²) in [5.74, 6) is -0.440. The number of para-hydroxylation sites is 1. The first kappa shape index (κ1) is 19.3. The van der Waals surface area contributed by atoms with Crippen LogP contribution in [0.4, 0.5) is 9.52 Å².